The predicted octanol–water partition coefficient (Wildman–Crippen LogP) is 3.98. The molecule has 2 aromatic carbocycles. The number of nitrogens with one attached hydrogen (secondary N) is 2. The Hall–Kier alpha value is -3.59. The Labute approximate surface area is 177 Å². The molecule has 0 spiro atoms. The van der Waals surface area contributed by atoms with Gasteiger partial charge >= 0.3 is 0 Å². The molecular formula is C21H21N3O5S. The molecule has 1 heterocycles. The minimum absolute atomic E-state index is 0.288. The smallest absolute Gasteiger partial charge is 0.267 e. The van der Waals surface area contributed by atoms with Crippen molar-refractivity contribution in [3.05, 3.63) is 58.6 Å². The van der Waals surface area contributed by atoms with Crippen LogP contribution in [0.1, 0.15) is 25.7 Å². The summed E-state index contributed by atoms with van der Waals surface area (Å²) in [6, 6.07) is 12.2. The summed E-state index contributed by atoms with van der Waals surface area (Å²) in [5.74, 6) is 0.407. The van der Waals surface area contributed by atoms with E-state index in [1.165, 1.54) is 21.3 Å². The Bertz CT molecular complexity index is 1040. The minimum Gasteiger partial charge on any atom is -0.493 e. The van der Waals surface area contributed by atoms with Gasteiger partial charge in [0.25, 0.3) is 11.8 Å². The monoisotopic (exact) mass is 427 g/mol. The molecule has 1 aromatic heterocycles. The molecule has 0 bridgehead atoms. The summed E-state index contributed by atoms with van der Waals surface area (Å²) >= 11 is 1.10. The molecule has 0 saturated carbocycles. The predicted molar refractivity (Wildman–Crippen MR) is 115 cm³/mol. The minimum atomic E-state index is -0.418. The van der Waals surface area contributed by atoms with Crippen molar-refractivity contribution in [1.29, 1.82) is 0 Å². The number of aromatic nitrogens is 1. The molecule has 0 unspecified atom stereocenters. The Kier molecular flexibility index (Phi) is 6.53. The summed E-state index contributed by atoms with van der Waals surface area (Å²) in [5.41, 5.74) is 1.50. The number of thiazole rings is 1. The standard InChI is InChI=1S/C21H21N3O5S/c1-12-18(20(26)23-14-8-6-5-7-9-14)30-21(22-12)24-19(25)13-10-15(27-2)17(29-4)16(11-13)28-3/h5-11H,1-4H3,(H,23,26)(H,22,24,25). The van der Waals surface area contributed by atoms with Gasteiger partial charge in [-0.15, -0.1) is 0 Å². The van der Waals surface area contributed by atoms with Crippen LogP contribution in [0.3, 0.4) is 0 Å². The van der Waals surface area contributed by atoms with Crippen LogP contribution >= 0.6 is 11.3 Å². The maximum absolute atomic E-state index is 12.7. The molecule has 0 atom stereocenters. The molecule has 0 aliphatic rings. The summed E-state index contributed by atoms with van der Waals surface area (Å²) in [6.07, 6.45) is 0. The zero-order chi connectivity index (χ0) is 21.7. The van der Waals surface area contributed by atoms with E-state index in [4.69, 9.17) is 14.2 Å². The topological polar surface area (TPSA) is 98.8 Å². The second-order valence-corrected chi connectivity index (χ2v) is 7.12. The molecule has 2 N–H and O–H groups in total. The first-order valence-electron chi connectivity index (χ1n) is 8.92. The average Bonchev–Trinajstić information content (AvgIpc) is 3.13. The SMILES string of the molecule is COc1cc(C(=O)Nc2nc(C)c(C(=O)Nc3ccccc3)s2)cc(OC)c1OC. The van der Waals surface area contributed by atoms with Gasteiger partial charge in [0.15, 0.2) is 16.6 Å². The second-order valence-electron chi connectivity index (χ2n) is 6.12. The van der Waals surface area contributed by atoms with Gasteiger partial charge < -0.3 is 19.5 Å². The number of aryl methyl sites for hydroxylation is 1. The normalized spacial score (nSPS) is 10.3. The third-order valence-corrected chi connectivity index (χ3v) is 5.25. The Morgan fingerprint density at radius 2 is 1.53 bits per heavy atom. The molecule has 30 heavy (non-hydrogen) atoms. The molecular weight excluding hydrogens is 406 g/mol. The van der Waals surface area contributed by atoms with Crippen LogP contribution < -0.4 is 24.8 Å². The molecule has 8 nitrogen and oxygen atoms in total. The van der Waals surface area contributed by atoms with E-state index in [-0.39, 0.29) is 5.91 Å². The molecule has 0 aliphatic heterocycles. The summed E-state index contributed by atoms with van der Waals surface area (Å²) in [7, 11) is 4.43. The van der Waals surface area contributed by atoms with Crippen LogP contribution in [-0.2, 0) is 0 Å². The van der Waals surface area contributed by atoms with Crippen LogP contribution in [0.25, 0.3) is 0 Å². The highest BCUT2D eigenvalue weighted by Crippen LogP contribution is 2.38. The van der Waals surface area contributed by atoms with E-state index >= 15 is 0 Å². The molecule has 3 rings (SSSR count). The first-order chi connectivity index (χ1) is 14.5. The summed E-state index contributed by atoms with van der Waals surface area (Å²) in [4.78, 5) is 30.0. The van der Waals surface area contributed by atoms with Crippen LogP contribution in [0.4, 0.5) is 10.8 Å². The number of methoxy groups -OCH3 is 3. The summed E-state index contributed by atoms with van der Waals surface area (Å²) in [6.45, 7) is 1.71. The van der Waals surface area contributed by atoms with Crippen LogP contribution in [0.2, 0.25) is 0 Å². The van der Waals surface area contributed by atoms with Gasteiger partial charge in [0.1, 0.15) is 4.88 Å². The zero-order valence-electron chi connectivity index (χ0n) is 16.9. The lowest BCUT2D eigenvalue weighted by atomic mass is 10.1. The summed E-state index contributed by atoms with van der Waals surface area (Å²) in [5, 5.41) is 5.84. The lowest BCUT2D eigenvalue weighted by Crippen LogP contribution is -2.12. The van der Waals surface area contributed by atoms with Crippen molar-refractivity contribution >= 4 is 34.0 Å². The molecule has 0 radical (unpaired) electrons. The number of anilines is 2. The highest BCUT2D eigenvalue weighted by molar-refractivity contribution is 7.17. The Balaban J connectivity index is 1.79. The first-order valence-corrected chi connectivity index (χ1v) is 9.73. The maximum atomic E-state index is 12.7. The fraction of sp³-hybridized carbons (Fsp3) is 0.190. The van der Waals surface area contributed by atoms with Gasteiger partial charge in [-0.3, -0.25) is 14.9 Å². The molecule has 0 aliphatic carbocycles. The molecule has 0 saturated heterocycles. The van der Waals surface area contributed by atoms with E-state index in [1.54, 1.807) is 31.2 Å². The van der Waals surface area contributed by atoms with Gasteiger partial charge in [0, 0.05) is 11.3 Å². The van der Waals surface area contributed by atoms with Crippen LogP contribution in [-0.4, -0.2) is 38.1 Å². The third kappa shape index (κ3) is 4.52. The quantitative estimate of drug-likeness (QED) is 0.592. The fourth-order valence-corrected chi connectivity index (χ4v) is 3.61. The number of hydrogen-bond donors (Lipinski definition) is 2. The Morgan fingerprint density at radius 3 is 2.10 bits per heavy atom. The van der Waals surface area contributed by atoms with Crippen molar-refractivity contribution in [2.45, 2.75) is 6.92 Å². The fourth-order valence-electron chi connectivity index (χ4n) is 2.75. The van der Waals surface area contributed by atoms with Crippen LogP contribution in [0, 0.1) is 6.92 Å². The number of para-hydroxylation sites is 1. The molecule has 9 heteroatoms. The number of amides is 2. The highest BCUT2D eigenvalue weighted by Gasteiger charge is 2.20. The molecule has 2 amide bonds. The molecule has 3 aromatic rings. The highest BCUT2D eigenvalue weighted by atomic mass is 32.1. The number of carbonyl (C=O) groups excluding carboxylic acids is 2. The van der Waals surface area contributed by atoms with Crippen molar-refractivity contribution < 1.29 is 23.8 Å². The maximum Gasteiger partial charge on any atom is 0.267 e. The Morgan fingerprint density at radius 1 is 0.900 bits per heavy atom. The zero-order valence-corrected chi connectivity index (χ0v) is 17.8. The van der Waals surface area contributed by atoms with Crippen molar-refractivity contribution in [2.75, 3.05) is 32.0 Å². The molecule has 156 valence electrons. The number of nitrogens with zero attached hydrogens (tertiary/aromatic N) is 1. The third-order valence-electron chi connectivity index (χ3n) is 4.18. The lowest BCUT2D eigenvalue weighted by molar-refractivity contribution is 0.101. The van der Waals surface area contributed by atoms with Crippen LogP contribution in [0.15, 0.2) is 42.5 Å². The van der Waals surface area contributed by atoms with Crippen LogP contribution in [0.5, 0.6) is 17.2 Å². The lowest BCUT2D eigenvalue weighted by Gasteiger charge is -2.13. The van der Waals surface area contributed by atoms with Crippen molar-refractivity contribution in [3.8, 4) is 17.2 Å². The first kappa shape index (κ1) is 21.1. The number of carbonyl (C=O) groups is 2. The van der Waals surface area contributed by atoms with E-state index in [0.29, 0.717) is 44.2 Å². The van der Waals surface area contributed by atoms with Gasteiger partial charge in [0.2, 0.25) is 5.75 Å². The molecule has 0 fully saturated rings. The van der Waals surface area contributed by atoms with E-state index in [9.17, 15) is 9.59 Å². The largest absolute Gasteiger partial charge is 0.493 e. The van der Waals surface area contributed by atoms with E-state index in [0.717, 1.165) is 11.3 Å². The van der Waals surface area contributed by atoms with E-state index < -0.39 is 5.91 Å². The van der Waals surface area contributed by atoms with Crippen molar-refractivity contribution in [2.24, 2.45) is 0 Å². The van der Waals surface area contributed by atoms with E-state index in [1.807, 2.05) is 18.2 Å². The van der Waals surface area contributed by atoms with Gasteiger partial charge in [-0.1, -0.05) is 29.5 Å². The van der Waals surface area contributed by atoms with Crippen molar-refractivity contribution in [3.63, 3.8) is 0 Å². The van der Waals surface area contributed by atoms with Gasteiger partial charge in [-0.05, 0) is 31.2 Å². The van der Waals surface area contributed by atoms with Gasteiger partial charge in [-0.25, -0.2) is 4.98 Å². The number of ether oxygens (including phenoxy) is 3. The number of rotatable bonds is 7. The second kappa shape index (κ2) is 9.27. The summed E-state index contributed by atoms with van der Waals surface area (Å²) < 4.78 is 15.8. The van der Waals surface area contributed by atoms with Gasteiger partial charge in [-0.2, -0.15) is 0 Å². The van der Waals surface area contributed by atoms with Crippen molar-refractivity contribution in [1.82, 2.24) is 4.98 Å². The van der Waals surface area contributed by atoms with Gasteiger partial charge in [0.05, 0.1) is 27.0 Å². The van der Waals surface area contributed by atoms with E-state index in [2.05, 4.69) is 15.6 Å². The number of benzene rings is 2. The average molecular weight is 427 g/mol. The number of hydrogen-bond acceptors (Lipinski definition) is 7.